The van der Waals surface area contributed by atoms with Crippen LogP contribution in [0.2, 0.25) is 5.02 Å². The normalized spacial score (nSPS) is 12.9. The topological polar surface area (TPSA) is 101 Å². The van der Waals surface area contributed by atoms with Gasteiger partial charge in [-0.05, 0) is 44.5 Å². The maximum Gasteiger partial charge on any atom is 0.244 e. The lowest BCUT2D eigenvalue weighted by atomic mass is 9.95. The van der Waals surface area contributed by atoms with Gasteiger partial charge in [-0.2, -0.15) is 5.10 Å². The van der Waals surface area contributed by atoms with Crippen LogP contribution >= 0.6 is 24.0 Å². The smallest absolute Gasteiger partial charge is 0.244 e. The number of aryl methyl sites for hydroxylation is 1. The molecule has 174 valence electrons. The van der Waals surface area contributed by atoms with E-state index in [0.717, 1.165) is 15.4 Å². The molecule has 2 aromatic rings. The first kappa shape index (κ1) is 27.5. The van der Waals surface area contributed by atoms with Crippen LogP contribution in [0.3, 0.4) is 0 Å². The van der Waals surface area contributed by atoms with Gasteiger partial charge in [-0.25, -0.2) is 17.1 Å². The van der Waals surface area contributed by atoms with Crippen molar-refractivity contribution >= 4 is 34.0 Å². The fourth-order valence-corrected chi connectivity index (χ4v) is 4.66. The minimum Gasteiger partial charge on any atom is -0.384 e. The molecule has 0 saturated carbocycles. The van der Waals surface area contributed by atoms with Gasteiger partial charge in [-0.3, -0.25) is 4.68 Å². The molecule has 0 saturated heterocycles. The fourth-order valence-electron chi connectivity index (χ4n) is 3.23. The standard InChI is InChI=1S/C20H28ClFN4O3S.ClH/c1-13-16(19(20(2,3)27)26(24-13)12-15(22)8-9-23)10-14-6-7-18(17(21)11-14)30(28,29)25(4)5;/h6-8,11,27H,9-10,12,23H2,1-5H3;1H. The Balaban J connectivity index is 0.00000480. The van der Waals surface area contributed by atoms with E-state index in [2.05, 4.69) is 5.10 Å². The molecule has 0 fully saturated rings. The third-order valence-corrected chi connectivity index (χ3v) is 6.90. The number of nitrogens with zero attached hydrogens (tertiary/aromatic N) is 3. The number of sulfonamides is 1. The monoisotopic (exact) mass is 494 g/mol. The van der Waals surface area contributed by atoms with Gasteiger partial charge in [0.2, 0.25) is 10.0 Å². The minimum atomic E-state index is -3.66. The molecule has 1 aromatic carbocycles. The lowest BCUT2D eigenvalue weighted by molar-refractivity contribution is 0.0676. The van der Waals surface area contributed by atoms with Gasteiger partial charge in [0.15, 0.2) is 0 Å². The van der Waals surface area contributed by atoms with Gasteiger partial charge in [0.05, 0.1) is 23.0 Å². The second-order valence-electron chi connectivity index (χ2n) is 7.74. The Bertz CT molecular complexity index is 1060. The summed E-state index contributed by atoms with van der Waals surface area (Å²) in [5, 5.41) is 15.2. The van der Waals surface area contributed by atoms with Crippen LogP contribution in [0.1, 0.15) is 36.4 Å². The maximum atomic E-state index is 14.1. The van der Waals surface area contributed by atoms with E-state index in [1.807, 2.05) is 0 Å². The number of rotatable bonds is 8. The Labute approximate surface area is 194 Å². The number of hydrogen-bond acceptors (Lipinski definition) is 5. The molecule has 0 unspecified atom stereocenters. The fraction of sp³-hybridized carbons (Fsp3) is 0.450. The quantitative estimate of drug-likeness (QED) is 0.586. The van der Waals surface area contributed by atoms with E-state index in [-0.39, 0.29) is 35.4 Å². The second kappa shape index (κ2) is 10.4. The van der Waals surface area contributed by atoms with Crippen LogP contribution in [-0.4, -0.2) is 48.3 Å². The largest absolute Gasteiger partial charge is 0.384 e. The molecule has 0 aliphatic rings. The van der Waals surface area contributed by atoms with E-state index in [0.29, 0.717) is 17.8 Å². The van der Waals surface area contributed by atoms with Crippen LogP contribution in [0.4, 0.5) is 4.39 Å². The number of halogens is 3. The van der Waals surface area contributed by atoms with E-state index < -0.39 is 21.5 Å². The molecule has 1 heterocycles. The van der Waals surface area contributed by atoms with Gasteiger partial charge in [-0.1, -0.05) is 17.7 Å². The lowest BCUT2D eigenvalue weighted by Crippen LogP contribution is -2.24. The molecule has 11 heteroatoms. The van der Waals surface area contributed by atoms with Gasteiger partial charge in [0.1, 0.15) is 16.3 Å². The highest BCUT2D eigenvalue weighted by atomic mass is 35.5. The summed E-state index contributed by atoms with van der Waals surface area (Å²) in [6, 6.07) is 4.71. The summed E-state index contributed by atoms with van der Waals surface area (Å²) in [6.45, 7) is 4.91. The highest BCUT2D eigenvalue weighted by molar-refractivity contribution is 7.89. The number of aliphatic hydroxyl groups is 1. The second-order valence-corrected chi connectivity index (χ2v) is 10.3. The van der Waals surface area contributed by atoms with Gasteiger partial charge in [0, 0.05) is 32.6 Å². The average molecular weight is 495 g/mol. The molecular weight excluding hydrogens is 466 g/mol. The number of aromatic nitrogens is 2. The Morgan fingerprint density at radius 1 is 1.39 bits per heavy atom. The van der Waals surface area contributed by atoms with Crippen LogP contribution in [0.5, 0.6) is 0 Å². The average Bonchev–Trinajstić information content (AvgIpc) is 2.89. The van der Waals surface area contributed by atoms with Crippen molar-refractivity contribution in [3.8, 4) is 0 Å². The molecule has 7 nitrogen and oxygen atoms in total. The highest BCUT2D eigenvalue weighted by Gasteiger charge is 2.29. The third kappa shape index (κ3) is 6.27. The van der Waals surface area contributed by atoms with E-state index in [9.17, 15) is 17.9 Å². The lowest BCUT2D eigenvalue weighted by Gasteiger charge is -2.21. The van der Waals surface area contributed by atoms with Gasteiger partial charge in [-0.15, -0.1) is 12.4 Å². The van der Waals surface area contributed by atoms with Crippen LogP contribution in [-0.2, 0) is 28.6 Å². The van der Waals surface area contributed by atoms with Gasteiger partial charge in [0.25, 0.3) is 0 Å². The summed E-state index contributed by atoms with van der Waals surface area (Å²) < 4.78 is 41.3. The van der Waals surface area contributed by atoms with Crippen molar-refractivity contribution in [2.75, 3.05) is 20.6 Å². The van der Waals surface area contributed by atoms with Crippen molar-refractivity contribution in [1.82, 2.24) is 14.1 Å². The summed E-state index contributed by atoms with van der Waals surface area (Å²) in [6.07, 6.45) is 1.60. The molecule has 0 atom stereocenters. The van der Waals surface area contributed by atoms with Crippen molar-refractivity contribution < 1.29 is 17.9 Å². The zero-order valence-corrected chi connectivity index (χ0v) is 20.6. The molecule has 0 bridgehead atoms. The number of hydrogen-bond donors (Lipinski definition) is 2. The molecule has 2 rings (SSSR count). The van der Waals surface area contributed by atoms with Crippen molar-refractivity contribution in [1.29, 1.82) is 0 Å². The first-order chi connectivity index (χ1) is 13.8. The van der Waals surface area contributed by atoms with E-state index in [1.54, 1.807) is 32.9 Å². The summed E-state index contributed by atoms with van der Waals surface area (Å²) >= 11 is 6.26. The van der Waals surface area contributed by atoms with Gasteiger partial charge < -0.3 is 10.8 Å². The first-order valence-electron chi connectivity index (χ1n) is 9.33. The van der Waals surface area contributed by atoms with Crippen LogP contribution in [0, 0.1) is 6.92 Å². The Morgan fingerprint density at radius 2 is 2.00 bits per heavy atom. The Hall–Kier alpha value is -1.49. The first-order valence-corrected chi connectivity index (χ1v) is 11.2. The van der Waals surface area contributed by atoms with Crippen LogP contribution < -0.4 is 5.73 Å². The van der Waals surface area contributed by atoms with Crippen LogP contribution in [0.25, 0.3) is 0 Å². The van der Waals surface area contributed by atoms with E-state index >= 15 is 0 Å². The molecule has 3 N–H and O–H groups in total. The molecule has 0 spiro atoms. The predicted molar refractivity (Wildman–Crippen MR) is 123 cm³/mol. The zero-order chi connectivity index (χ0) is 22.9. The zero-order valence-electron chi connectivity index (χ0n) is 18.2. The molecule has 0 radical (unpaired) electrons. The third-order valence-electron chi connectivity index (χ3n) is 4.61. The van der Waals surface area contributed by atoms with Crippen molar-refractivity contribution in [3.63, 3.8) is 0 Å². The predicted octanol–water partition coefficient (Wildman–Crippen LogP) is 3.15. The molecule has 0 aliphatic heterocycles. The molecule has 31 heavy (non-hydrogen) atoms. The SMILES string of the molecule is Cc1nn(CC(F)=CCN)c(C(C)(C)O)c1Cc1ccc(S(=O)(=O)N(C)C)c(Cl)c1.Cl. The van der Waals surface area contributed by atoms with Crippen molar-refractivity contribution in [2.45, 2.75) is 44.2 Å². The highest BCUT2D eigenvalue weighted by Crippen LogP contribution is 2.31. The van der Waals surface area contributed by atoms with Gasteiger partial charge >= 0.3 is 0 Å². The molecule has 1 aromatic heterocycles. The molecular formula is C20H29Cl2FN4O3S. The number of nitrogens with two attached hydrogens (primary N) is 1. The maximum absolute atomic E-state index is 14.1. The van der Waals surface area contributed by atoms with E-state index in [1.165, 1.54) is 30.9 Å². The minimum absolute atomic E-state index is 0. The van der Waals surface area contributed by atoms with E-state index in [4.69, 9.17) is 17.3 Å². The summed E-state index contributed by atoms with van der Waals surface area (Å²) in [4.78, 5) is 0.0158. The van der Waals surface area contributed by atoms with Crippen molar-refractivity contribution in [2.24, 2.45) is 5.73 Å². The Morgan fingerprint density at radius 3 is 2.48 bits per heavy atom. The van der Waals surface area contributed by atoms with Crippen molar-refractivity contribution in [3.05, 3.63) is 57.6 Å². The molecule has 0 amide bonds. The summed E-state index contributed by atoms with van der Waals surface area (Å²) in [5.74, 6) is -0.446. The number of allylic oxidation sites excluding steroid dienone is 1. The van der Waals surface area contributed by atoms with Crippen LogP contribution in [0.15, 0.2) is 35.0 Å². The summed E-state index contributed by atoms with van der Waals surface area (Å²) in [5.41, 5.74) is 6.66. The molecule has 0 aliphatic carbocycles. The Kier molecular flexibility index (Phi) is 9.26. The number of benzene rings is 1. The summed E-state index contributed by atoms with van der Waals surface area (Å²) in [7, 11) is -0.793.